The zero-order valence-electron chi connectivity index (χ0n) is 16.2. The van der Waals surface area contributed by atoms with Gasteiger partial charge in [0, 0.05) is 5.56 Å². The Morgan fingerprint density at radius 3 is 1.81 bits per heavy atom. The minimum absolute atomic E-state index is 0.484. The van der Waals surface area contributed by atoms with E-state index >= 15 is 0 Å². The molecule has 0 aromatic heterocycles. The van der Waals surface area contributed by atoms with E-state index in [1.807, 2.05) is 0 Å². The Balaban J connectivity index is 3.79. The van der Waals surface area contributed by atoms with Gasteiger partial charge in [-0.2, -0.15) is 13.2 Å². The van der Waals surface area contributed by atoms with Gasteiger partial charge < -0.3 is 15.2 Å². The monoisotopic (exact) mass is 387 g/mol. The van der Waals surface area contributed by atoms with Crippen LogP contribution in [-0.4, -0.2) is 23.1 Å². The molecule has 0 spiro atoms. The van der Waals surface area contributed by atoms with Gasteiger partial charge in [0.15, 0.2) is 0 Å². The van der Waals surface area contributed by atoms with E-state index in [0.29, 0.717) is 6.07 Å². The number of halogens is 3. The van der Waals surface area contributed by atoms with E-state index in [1.54, 1.807) is 41.5 Å². The van der Waals surface area contributed by atoms with E-state index < -0.39 is 57.3 Å². The molecule has 5 nitrogen and oxygen atoms in total. The number of nitrogen functional groups attached to an aromatic ring is 1. The zero-order valence-corrected chi connectivity index (χ0v) is 16.2. The highest BCUT2D eigenvalue weighted by Gasteiger charge is 2.38. The van der Waals surface area contributed by atoms with E-state index in [1.165, 1.54) is 0 Å². The van der Waals surface area contributed by atoms with Crippen molar-refractivity contribution in [2.24, 2.45) is 0 Å². The molecule has 0 aliphatic heterocycles. The number of benzene rings is 1. The molecule has 2 N–H and O–H groups in total. The highest BCUT2D eigenvalue weighted by atomic mass is 19.4. The van der Waals surface area contributed by atoms with E-state index in [-0.39, 0.29) is 0 Å². The van der Waals surface area contributed by atoms with Gasteiger partial charge >= 0.3 is 18.1 Å². The maximum atomic E-state index is 13.4. The van der Waals surface area contributed by atoms with Crippen molar-refractivity contribution in [3.05, 3.63) is 34.9 Å². The molecular formula is C19H24F3NO4. The fraction of sp³-hybridized carbons (Fsp3) is 0.474. The maximum Gasteiger partial charge on any atom is 0.417 e. The van der Waals surface area contributed by atoms with Crippen LogP contribution in [0.25, 0.3) is 6.08 Å². The van der Waals surface area contributed by atoms with Gasteiger partial charge in [-0.15, -0.1) is 0 Å². The van der Waals surface area contributed by atoms with Gasteiger partial charge in [0.05, 0.1) is 22.4 Å². The number of esters is 2. The molecule has 150 valence electrons. The largest absolute Gasteiger partial charge is 0.456 e. The molecular weight excluding hydrogens is 363 g/mol. The van der Waals surface area contributed by atoms with Crippen molar-refractivity contribution in [3.63, 3.8) is 0 Å². The predicted octanol–water partition coefficient (Wildman–Crippen LogP) is 4.84. The van der Waals surface area contributed by atoms with Gasteiger partial charge in [-0.1, -0.05) is 12.7 Å². The summed E-state index contributed by atoms with van der Waals surface area (Å²) < 4.78 is 50.6. The molecule has 0 heterocycles. The van der Waals surface area contributed by atoms with E-state index in [9.17, 15) is 22.8 Å². The quantitative estimate of drug-likeness (QED) is 0.593. The summed E-state index contributed by atoms with van der Waals surface area (Å²) in [6.45, 7) is 12.7. The molecule has 0 atom stereocenters. The lowest BCUT2D eigenvalue weighted by Gasteiger charge is -2.25. The first-order chi connectivity index (χ1) is 12.0. The van der Waals surface area contributed by atoms with E-state index in [0.717, 1.165) is 6.08 Å². The first-order valence-corrected chi connectivity index (χ1v) is 8.10. The van der Waals surface area contributed by atoms with Crippen LogP contribution in [0, 0.1) is 0 Å². The van der Waals surface area contributed by atoms with E-state index in [2.05, 4.69) is 6.58 Å². The van der Waals surface area contributed by atoms with Crippen LogP contribution in [-0.2, 0) is 15.7 Å². The number of anilines is 1. The van der Waals surface area contributed by atoms with Crippen molar-refractivity contribution in [2.75, 3.05) is 5.73 Å². The second-order valence-electron chi connectivity index (χ2n) is 7.88. The highest BCUT2D eigenvalue weighted by molar-refractivity contribution is 6.08. The summed E-state index contributed by atoms with van der Waals surface area (Å²) in [5.74, 6) is -2.14. The summed E-state index contributed by atoms with van der Waals surface area (Å²) in [6.07, 6.45) is -3.94. The van der Waals surface area contributed by atoms with Crippen molar-refractivity contribution in [1.29, 1.82) is 0 Å². The van der Waals surface area contributed by atoms with Gasteiger partial charge in [0.2, 0.25) is 0 Å². The van der Waals surface area contributed by atoms with Crippen LogP contribution in [0.1, 0.15) is 73.4 Å². The molecule has 0 saturated heterocycles. The van der Waals surface area contributed by atoms with Crippen molar-refractivity contribution < 1.29 is 32.2 Å². The number of ether oxygens (including phenoxy) is 2. The normalized spacial score (nSPS) is 12.5. The fourth-order valence-corrected chi connectivity index (χ4v) is 2.22. The summed E-state index contributed by atoms with van der Waals surface area (Å²) in [5, 5.41) is 0. The van der Waals surface area contributed by atoms with Crippen LogP contribution in [0.15, 0.2) is 12.6 Å². The molecule has 0 saturated carbocycles. The second kappa shape index (κ2) is 7.25. The van der Waals surface area contributed by atoms with Crippen LogP contribution in [0.5, 0.6) is 0 Å². The van der Waals surface area contributed by atoms with Crippen molar-refractivity contribution in [2.45, 2.75) is 58.9 Å². The third-order valence-electron chi connectivity index (χ3n) is 3.14. The average Bonchev–Trinajstić information content (AvgIpc) is 2.40. The molecule has 0 unspecified atom stereocenters. The summed E-state index contributed by atoms with van der Waals surface area (Å²) in [5.41, 5.74) is 0.545. The molecule has 27 heavy (non-hydrogen) atoms. The third-order valence-corrected chi connectivity index (χ3v) is 3.14. The predicted molar refractivity (Wildman–Crippen MR) is 96.3 cm³/mol. The Morgan fingerprint density at radius 2 is 1.44 bits per heavy atom. The molecule has 1 aromatic rings. The number of hydrogen-bond acceptors (Lipinski definition) is 5. The Hall–Kier alpha value is -2.51. The summed E-state index contributed by atoms with van der Waals surface area (Å²) in [6, 6.07) is 0.542. The van der Waals surface area contributed by atoms with Crippen molar-refractivity contribution in [1.82, 2.24) is 0 Å². The second-order valence-corrected chi connectivity index (χ2v) is 7.88. The van der Waals surface area contributed by atoms with Gasteiger partial charge in [-0.05, 0) is 47.6 Å². The first-order valence-electron chi connectivity index (χ1n) is 8.10. The number of hydrogen-bond donors (Lipinski definition) is 1. The van der Waals surface area contributed by atoms with Gasteiger partial charge in [0.25, 0.3) is 0 Å². The highest BCUT2D eigenvalue weighted by Crippen LogP contribution is 2.39. The van der Waals surface area contributed by atoms with Gasteiger partial charge in [0.1, 0.15) is 11.2 Å². The lowest BCUT2D eigenvalue weighted by atomic mass is 9.94. The number of carbonyl (C=O) groups excluding carboxylic acids is 2. The minimum atomic E-state index is -4.82. The van der Waals surface area contributed by atoms with Crippen LogP contribution >= 0.6 is 0 Å². The molecule has 1 aromatic carbocycles. The Morgan fingerprint density at radius 1 is 1.00 bits per heavy atom. The Labute approximate surface area is 156 Å². The lowest BCUT2D eigenvalue weighted by molar-refractivity contribution is -0.137. The Bertz CT molecular complexity index is 769. The lowest BCUT2D eigenvalue weighted by Crippen LogP contribution is -2.29. The third kappa shape index (κ3) is 5.74. The van der Waals surface area contributed by atoms with Crippen LogP contribution in [0.4, 0.5) is 18.9 Å². The molecule has 0 aliphatic carbocycles. The molecule has 0 radical (unpaired) electrons. The number of nitrogens with two attached hydrogens (primary N) is 1. The summed E-state index contributed by atoms with van der Waals surface area (Å²) >= 11 is 0. The van der Waals surface area contributed by atoms with Crippen LogP contribution in [0.2, 0.25) is 0 Å². The molecule has 8 heteroatoms. The molecule has 0 amide bonds. The fourth-order valence-electron chi connectivity index (χ4n) is 2.22. The minimum Gasteiger partial charge on any atom is -0.456 e. The van der Waals surface area contributed by atoms with Crippen molar-refractivity contribution in [3.8, 4) is 0 Å². The number of carbonyl (C=O) groups is 2. The molecule has 1 rings (SSSR count). The molecule has 0 aliphatic rings. The molecule has 0 bridgehead atoms. The van der Waals surface area contributed by atoms with Crippen molar-refractivity contribution >= 4 is 23.7 Å². The smallest absolute Gasteiger partial charge is 0.417 e. The van der Waals surface area contributed by atoms with Gasteiger partial charge in [-0.3, -0.25) is 0 Å². The maximum absolute atomic E-state index is 13.4. The number of alkyl halides is 3. The van der Waals surface area contributed by atoms with Crippen LogP contribution < -0.4 is 5.73 Å². The standard InChI is InChI=1S/C19H24F3NO4/c1-8-10-12(19(20,21)22)9-11(15(24)26-17(2,3)4)13(14(10)23)16(25)27-18(5,6)7/h8-9H,1,23H2,2-7H3. The number of rotatable bonds is 3. The first kappa shape index (κ1) is 22.5. The van der Waals surface area contributed by atoms with Gasteiger partial charge in [-0.25, -0.2) is 9.59 Å². The molecule has 0 fully saturated rings. The Kier molecular flexibility index (Phi) is 6.05. The zero-order chi connectivity index (χ0) is 21.4. The average molecular weight is 387 g/mol. The SMILES string of the molecule is C=Cc1c(C(F)(F)F)cc(C(=O)OC(C)(C)C)c(C(=O)OC(C)(C)C)c1N. The van der Waals surface area contributed by atoms with E-state index in [4.69, 9.17) is 15.2 Å². The summed E-state index contributed by atoms with van der Waals surface area (Å²) in [7, 11) is 0. The van der Waals surface area contributed by atoms with Crippen LogP contribution in [0.3, 0.4) is 0 Å². The topological polar surface area (TPSA) is 78.6 Å². The summed E-state index contributed by atoms with van der Waals surface area (Å²) in [4.78, 5) is 25.1.